The largest absolute Gasteiger partial charge is 0.416 e. The number of thiocarbonyl (C=S) groups is 1. The van der Waals surface area contributed by atoms with Crippen LogP contribution in [0.2, 0.25) is 0 Å². The van der Waals surface area contributed by atoms with E-state index in [0.29, 0.717) is 12.6 Å². The Morgan fingerprint density at radius 3 is 2.60 bits per heavy atom. The molecule has 0 bridgehead atoms. The van der Waals surface area contributed by atoms with E-state index in [0.717, 1.165) is 12.1 Å². The average molecular weight is 308 g/mol. The Morgan fingerprint density at radius 1 is 1.45 bits per heavy atom. The number of hydrogen-bond donors (Lipinski definition) is 3. The van der Waals surface area contributed by atoms with Crippen LogP contribution in [-0.4, -0.2) is 16.6 Å². The standard InChI is InChI=1S/C10H11F3N4O2S/c1-2-14-9(20)16-15-7-4-3-6(10(11,12)13)5-8(7)17(18)19/h3-5,15H,2H2,1H3,(H2,14,16,20). The Labute approximate surface area is 117 Å². The van der Waals surface area contributed by atoms with E-state index in [1.165, 1.54) is 0 Å². The van der Waals surface area contributed by atoms with Crippen molar-refractivity contribution < 1.29 is 18.1 Å². The maximum atomic E-state index is 12.5. The molecule has 0 saturated carbocycles. The quantitative estimate of drug-likeness (QED) is 0.450. The fourth-order valence-electron chi connectivity index (χ4n) is 1.29. The van der Waals surface area contributed by atoms with Crippen LogP contribution in [0, 0.1) is 10.1 Å². The van der Waals surface area contributed by atoms with Gasteiger partial charge in [0.1, 0.15) is 5.69 Å². The molecular formula is C10H11F3N4O2S. The summed E-state index contributed by atoms with van der Waals surface area (Å²) in [5, 5.41) is 13.7. The first-order valence-electron chi connectivity index (χ1n) is 5.41. The van der Waals surface area contributed by atoms with Crippen molar-refractivity contribution in [2.45, 2.75) is 13.1 Å². The SMILES string of the molecule is CCNC(=S)NNc1ccc(C(F)(F)F)cc1[N+](=O)[O-]. The molecular weight excluding hydrogens is 297 g/mol. The van der Waals surface area contributed by atoms with Crippen molar-refractivity contribution in [1.29, 1.82) is 0 Å². The number of hydrogen-bond acceptors (Lipinski definition) is 4. The summed E-state index contributed by atoms with van der Waals surface area (Å²) in [5.41, 5.74) is 2.92. The third-order valence-corrected chi connectivity index (χ3v) is 2.42. The van der Waals surface area contributed by atoms with Crippen molar-refractivity contribution in [1.82, 2.24) is 10.7 Å². The summed E-state index contributed by atoms with van der Waals surface area (Å²) in [6.07, 6.45) is -4.64. The number of alkyl halides is 3. The first kappa shape index (κ1) is 16.0. The second-order valence-corrected chi connectivity index (χ2v) is 4.00. The Morgan fingerprint density at radius 2 is 2.10 bits per heavy atom. The molecule has 20 heavy (non-hydrogen) atoms. The van der Waals surface area contributed by atoms with Crippen LogP contribution < -0.4 is 16.2 Å². The van der Waals surface area contributed by atoms with Crippen LogP contribution >= 0.6 is 12.2 Å². The van der Waals surface area contributed by atoms with Gasteiger partial charge in [0.25, 0.3) is 5.69 Å². The zero-order valence-electron chi connectivity index (χ0n) is 10.2. The molecule has 0 aliphatic heterocycles. The van der Waals surface area contributed by atoms with Gasteiger partial charge in [0.15, 0.2) is 5.11 Å². The second kappa shape index (κ2) is 6.37. The highest BCUT2D eigenvalue weighted by Gasteiger charge is 2.33. The molecule has 110 valence electrons. The van der Waals surface area contributed by atoms with Crippen molar-refractivity contribution >= 4 is 28.7 Å². The van der Waals surface area contributed by atoms with Crippen LogP contribution in [0.3, 0.4) is 0 Å². The van der Waals surface area contributed by atoms with Gasteiger partial charge in [0, 0.05) is 12.6 Å². The van der Waals surface area contributed by atoms with E-state index in [2.05, 4.69) is 16.2 Å². The van der Waals surface area contributed by atoms with E-state index in [1.54, 1.807) is 6.92 Å². The molecule has 0 aliphatic rings. The third-order valence-electron chi connectivity index (χ3n) is 2.17. The van der Waals surface area contributed by atoms with Crippen LogP contribution in [-0.2, 0) is 6.18 Å². The molecule has 1 aromatic carbocycles. The van der Waals surface area contributed by atoms with Gasteiger partial charge >= 0.3 is 6.18 Å². The lowest BCUT2D eigenvalue weighted by Gasteiger charge is -2.13. The number of hydrazine groups is 1. The topological polar surface area (TPSA) is 79.2 Å². The van der Waals surface area contributed by atoms with Gasteiger partial charge in [-0.3, -0.25) is 21.0 Å². The second-order valence-electron chi connectivity index (χ2n) is 3.60. The number of nitro benzene ring substituents is 1. The van der Waals surface area contributed by atoms with Gasteiger partial charge < -0.3 is 5.32 Å². The van der Waals surface area contributed by atoms with Crippen molar-refractivity contribution in [2.24, 2.45) is 0 Å². The van der Waals surface area contributed by atoms with Crippen LogP contribution in [0.4, 0.5) is 24.5 Å². The van der Waals surface area contributed by atoms with Gasteiger partial charge in [0.05, 0.1) is 10.5 Å². The fraction of sp³-hybridized carbons (Fsp3) is 0.300. The van der Waals surface area contributed by atoms with E-state index >= 15 is 0 Å². The summed E-state index contributed by atoms with van der Waals surface area (Å²) in [7, 11) is 0. The van der Waals surface area contributed by atoms with E-state index in [4.69, 9.17) is 12.2 Å². The highest BCUT2D eigenvalue weighted by Crippen LogP contribution is 2.34. The number of nitrogens with zero attached hydrogens (tertiary/aromatic N) is 1. The highest BCUT2D eigenvalue weighted by atomic mass is 32.1. The van der Waals surface area contributed by atoms with Crippen LogP contribution in [0.25, 0.3) is 0 Å². The van der Waals surface area contributed by atoms with Gasteiger partial charge in [0.2, 0.25) is 0 Å². The van der Waals surface area contributed by atoms with E-state index in [-0.39, 0.29) is 10.8 Å². The molecule has 0 fully saturated rings. The Bertz CT molecular complexity index is 522. The molecule has 1 rings (SSSR count). The van der Waals surface area contributed by atoms with Crippen LogP contribution in [0.15, 0.2) is 18.2 Å². The molecule has 0 aromatic heterocycles. The number of nitrogens with one attached hydrogen (secondary N) is 3. The predicted molar refractivity (Wildman–Crippen MR) is 71.1 cm³/mol. The normalized spacial score (nSPS) is 10.8. The summed E-state index contributed by atoms with van der Waals surface area (Å²) in [5.74, 6) is 0. The molecule has 6 nitrogen and oxygen atoms in total. The zero-order valence-corrected chi connectivity index (χ0v) is 11.1. The van der Waals surface area contributed by atoms with Crippen LogP contribution in [0.1, 0.15) is 12.5 Å². The van der Waals surface area contributed by atoms with Gasteiger partial charge in [-0.2, -0.15) is 13.2 Å². The van der Waals surface area contributed by atoms with Gasteiger partial charge in [-0.25, -0.2) is 0 Å². The molecule has 0 aliphatic carbocycles. The molecule has 0 heterocycles. The third kappa shape index (κ3) is 4.23. The zero-order chi connectivity index (χ0) is 15.3. The maximum absolute atomic E-state index is 12.5. The van der Waals surface area contributed by atoms with Gasteiger partial charge in [-0.15, -0.1) is 0 Å². The minimum atomic E-state index is -4.64. The van der Waals surface area contributed by atoms with Crippen molar-refractivity contribution in [3.05, 3.63) is 33.9 Å². The summed E-state index contributed by atoms with van der Waals surface area (Å²) in [6.45, 7) is 2.32. The number of halogens is 3. The molecule has 0 atom stereocenters. The molecule has 1 aromatic rings. The van der Waals surface area contributed by atoms with Gasteiger partial charge in [-0.1, -0.05) is 0 Å². The first-order chi connectivity index (χ1) is 9.25. The minimum absolute atomic E-state index is 0.122. The number of anilines is 1. The van der Waals surface area contributed by atoms with Crippen molar-refractivity contribution in [2.75, 3.05) is 12.0 Å². The lowest BCUT2D eigenvalue weighted by Crippen LogP contribution is -2.38. The molecule has 3 N–H and O–H groups in total. The first-order valence-corrected chi connectivity index (χ1v) is 5.82. The molecule has 0 unspecified atom stereocenters. The number of benzene rings is 1. The van der Waals surface area contributed by atoms with Crippen LogP contribution in [0.5, 0.6) is 0 Å². The Hall–Kier alpha value is -2.10. The lowest BCUT2D eigenvalue weighted by molar-refractivity contribution is -0.384. The van der Waals surface area contributed by atoms with E-state index < -0.39 is 22.4 Å². The molecule has 0 spiro atoms. The fourth-order valence-corrected chi connectivity index (χ4v) is 1.49. The Balaban J connectivity index is 2.97. The molecule has 0 radical (unpaired) electrons. The van der Waals surface area contributed by atoms with E-state index in [1.807, 2.05) is 0 Å². The average Bonchev–Trinajstić information content (AvgIpc) is 2.35. The molecule has 0 saturated heterocycles. The summed E-state index contributed by atoms with van der Waals surface area (Å²) < 4.78 is 37.5. The Kier molecular flexibility index (Phi) is 5.08. The van der Waals surface area contributed by atoms with E-state index in [9.17, 15) is 23.3 Å². The van der Waals surface area contributed by atoms with Crippen molar-refractivity contribution in [3.63, 3.8) is 0 Å². The highest BCUT2D eigenvalue weighted by molar-refractivity contribution is 7.80. The number of rotatable bonds is 4. The number of nitro groups is 1. The monoisotopic (exact) mass is 308 g/mol. The summed E-state index contributed by atoms with van der Waals surface area (Å²) in [6, 6.07) is 2.16. The summed E-state index contributed by atoms with van der Waals surface area (Å²) >= 11 is 4.81. The summed E-state index contributed by atoms with van der Waals surface area (Å²) in [4.78, 5) is 9.89. The van der Waals surface area contributed by atoms with Gasteiger partial charge in [-0.05, 0) is 31.3 Å². The smallest absolute Gasteiger partial charge is 0.362 e. The maximum Gasteiger partial charge on any atom is 0.416 e. The molecule has 0 amide bonds. The predicted octanol–water partition coefficient (Wildman–Crippen LogP) is 2.42. The van der Waals surface area contributed by atoms with Crippen molar-refractivity contribution in [3.8, 4) is 0 Å². The minimum Gasteiger partial charge on any atom is -0.362 e. The lowest BCUT2D eigenvalue weighted by atomic mass is 10.1. The molecule has 10 heteroatoms.